The Balaban J connectivity index is 1.60. The molecule has 0 N–H and O–H groups in total. The van der Waals surface area contributed by atoms with Crippen LogP contribution in [0.4, 0.5) is 0 Å². The van der Waals surface area contributed by atoms with Gasteiger partial charge in [0.15, 0.2) is 0 Å². The van der Waals surface area contributed by atoms with Crippen molar-refractivity contribution in [3.05, 3.63) is 176 Å². The van der Waals surface area contributed by atoms with Gasteiger partial charge < -0.3 is 23.7 Å². The lowest BCUT2D eigenvalue weighted by atomic mass is 9.78. The molecular formula is C51H56N2O10. The molecule has 0 bridgehead atoms. The number of aryl methyl sites for hydroxylation is 1. The maximum Gasteiger partial charge on any atom is 0.338 e. The van der Waals surface area contributed by atoms with E-state index in [1.54, 1.807) is 74.0 Å². The van der Waals surface area contributed by atoms with Gasteiger partial charge in [-0.3, -0.25) is 23.7 Å². The molecular weight excluding hydrogens is 801 g/mol. The lowest BCUT2D eigenvalue weighted by Gasteiger charge is -2.42. The number of hydrogen-bond donors (Lipinski definition) is 0. The molecule has 1 saturated carbocycles. The number of carbonyl (C=O) groups excluding carboxylic acids is 3. The van der Waals surface area contributed by atoms with Crippen molar-refractivity contribution >= 4 is 17.8 Å². The summed E-state index contributed by atoms with van der Waals surface area (Å²) in [6.07, 6.45) is 0.239. The van der Waals surface area contributed by atoms with Gasteiger partial charge in [-0.25, -0.2) is 4.79 Å². The Morgan fingerprint density at radius 3 is 1.68 bits per heavy atom. The fourth-order valence-electron chi connectivity index (χ4n) is 7.80. The SMILES string of the molecule is C=C1[C@@H](n2cc(C)c(=O)n(C(=O)c3ccccc3)c2=O)C[C@H](OC(=O)C(C)(C)C)[C@]1(COC(=O)C(C)(C)C)COC(c1ccccc1)(c1ccc(OC)cc1)c1ccc(OC)cc1. The van der Waals surface area contributed by atoms with Gasteiger partial charge in [-0.15, -0.1) is 0 Å². The van der Waals surface area contributed by atoms with Crippen LogP contribution in [0.5, 0.6) is 11.5 Å². The highest BCUT2D eigenvalue weighted by Crippen LogP contribution is 2.53. The summed E-state index contributed by atoms with van der Waals surface area (Å²) in [5.74, 6) is -0.652. The zero-order valence-corrected chi connectivity index (χ0v) is 37.4. The molecule has 1 heterocycles. The summed E-state index contributed by atoms with van der Waals surface area (Å²) in [5.41, 5.74) is -3.75. The Morgan fingerprint density at radius 2 is 1.19 bits per heavy atom. The van der Waals surface area contributed by atoms with Crippen LogP contribution in [0.2, 0.25) is 0 Å². The van der Waals surface area contributed by atoms with E-state index in [9.17, 15) is 24.0 Å². The molecule has 63 heavy (non-hydrogen) atoms. The van der Waals surface area contributed by atoms with E-state index in [0.29, 0.717) is 32.8 Å². The third-order valence-electron chi connectivity index (χ3n) is 11.6. The largest absolute Gasteiger partial charge is 0.497 e. The zero-order valence-electron chi connectivity index (χ0n) is 37.4. The highest BCUT2D eigenvalue weighted by Gasteiger charge is 2.57. The van der Waals surface area contributed by atoms with E-state index in [0.717, 1.165) is 5.56 Å². The molecule has 330 valence electrons. The second kappa shape index (κ2) is 18.1. The average Bonchev–Trinajstić information content (AvgIpc) is 3.53. The van der Waals surface area contributed by atoms with Crippen molar-refractivity contribution in [2.45, 2.75) is 72.6 Å². The quantitative estimate of drug-likeness (QED) is 0.0649. The van der Waals surface area contributed by atoms with Crippen LogP contribution in [0.25, 0.3) is 0 Å². The minimum atomic E-state index is -1.52. The summed E-state index contributed by atoms with van der Waals surface area (Å²) in [7, 11) is 3.17. The minimum absolute atomic E-state index is 0.0441. The highest BCUT2D eigenvalue weighted by atomic mass is 16.6. The van der Waals surface area contributed by atoms with Gasteiger partial charge in [-0.2, -0.15) is 4.57 Å². The van der Waals surface area contributed by atoms with E-state index in [1.165, 1.54) is 29.8 Å². The van der Waals surface area contributed by atoms with Gasteiger partial charge in [0.2, 0.25) is 0 Å². The molecule has 1 aliphatic rings. The second-order valence-electron chi connectivity index (χ2n) is 18.0. The second-order valence-corrected chi connectivity index (χ2v) is 18.0. The van der Waals surface area contributed by atoms with E-state index in [-0.39, 0.29) is 30.8 Å². The number of hydrogen-bond acceptors (Lipinski definition) is 10. The molecule has 0 spiro atoms. The molecule has 0 aliphatic heterocycles. The molecule has 1 aromatic heterocycles. The number of ether oxygens (including phenoxy) is 5. The van der Waals surface area contributed by atoms with Crippen LogP contribution in [0, 0.1) is 23.2 Å². The van der Waals surface area contributed by atoms with Gasteiger partial charge in [-0.05, 0) is 107 Å². The Labute approximate surface area is 368 Å². The standard InChI is InChI=1S/C51H56N2O10/c1-33-30-52(47(58)53(43(33)54)44(55)35-17-13-11-14-18-35)41-29-42(63-46(57)49(6,7)8)50(34(41)2,31-61-45(56)48(3,4)5)32-62-51(36-19-15-12-16-20-36,37-21-25-39(59-9)26-22-37)38-23-27-40(60-10)28-24-38/h11-28,30,41-42H,2,29,31-32H2,1,3-10H3/t41-,42-,50+/m0/s1. The van der Waals surface area contributed by atoms with Crippen LogP contribution in [0.15, 0.2) is 137 Å². The Bertz CT molecular complexity index is 2540. The van der Waals surface area contributed by atoms with E-state index < -0.39 is 63.1 Å². The first kappa shape index (κ1) is 46.0. The lowest BCUT2D eigenvalue weighted by Crippen LogP contribution is -2.48. The monoisotopic (exact) mass is 856 g/mol. The van der Waals surface area contributed by atoms with Gasteiger partial charge in [0.1, 0.15) is 29.8 Å². The number of esters is 2. The van der Waals surface area contributed by atoms with Crippen molar-refractivity contribution in [1.29, 1.82) is 0 Å². The fraction of sp³-hybridized carbons (Fsp3) is 0.353. The number of benzene rings is 4. The Morgan fingerprint density at radius 1 is 0.698 bits per heavy atom. The molecule has 1 fully saturated rings. The highest BCUT2D eigenvalue weighted by molar-refractivity contribution is 5.95. The van der Waals surface area contributed by atoms with Crippen molar-refractivity contribution in [1.82, 2.24) is 9.13 Å². The molecule has 5 aromatic rings. The first-order valence-corrected chi connectivity index (χ1v) is 20.8. The molecule has 12 nitrogen and oxygen atoms in total. The van der Waals surface area contributed by atoms with Crippen molar-refractivity contribution in [2.75, 3.05) is 27.4 Å². The molecule has 4 aromatic carbocycles. The zero-order chi connectivity index (χ0) is 45.9. The third-order valence-corrected chi connectivity index (χ3v) is 11.6. The maximum atomic E-state index is 14.6. The molecule has 0 saturated heterocycles. The van der Waals surface area contributed by atoms with Crippen molar-refractivity contribution in [3.8, 4) is 11.5 Å². The number of rotatable bonds is 13. The lowest BCUT2D eigenvalue weighted by molar-refractivity contribution is -0.175. The summed E-state index contributed by atoms with van der Waals surface area (Å²) in [6.45, 7) is 15.8. The normalized spacial score (nSPS) is 17.8. The Kier molecular flexibility index (Phi) is 13.2. The average molecular weight is 857 g/mol. The molecule has 6 rings (SSSR count). The fourth-order valence-corrected chi connectivity index (χ4v) is 7.80. The summed E-state index contributed by atoms with van der Waals surface area (Å²) < 4.78 is 33.1. The van der Waals surface area contributed by atoms with Crippen LogP contribution < -0.4 is 20.7 Å². The van der Waals surface area contributed by atoms with Gasteiger partial charge in [0.05, 0.1) is 43.1 Å². The third kappa shape index (κ3) is 9.04. The number of nitrogens with zero attached hydrogens (tertiary/aromatic N) is 2. The number of methoxy groups -OCH3 is 2. The predicted octanol–water partition coefficient (Wildman–Crippen LogP) is 8.07. The molecule has 0 radical (unpaired) electrons. The van der Waals surface area contributed by atoms with E-state index >= 15 is 0 Å². The van der Waals surface area contributed by atoms with E-state index in [1.807, 2.05) is 78.9 Å². The summed E-state index contributed by atoms with van der Waals surface area (Å²) in [6, 6.07) is 31.6. The molecule has 0 unspecified atom stereocenters. The van der Waals surface area contributed by atoms with Gasteiger partial charge in [0, 0.05) is 23.7 Å². The van der Waals surface area contributed by atoms with Crippen LogP contribution in [0.3, 0.4) is 0 Å². The molecule has 0 amide bonds. The van der Waals surface area contributed by atoms with Crippen LogP contribution >= 0.6 is 0 Å². The summed E-state index contributed by atoms with van der Waals surface area (Å²) >= 11 is 0. The number of carbonyl (C=O) groups is 3. The summed E-state index contributed by atoms with van der Waals surface area (Å²) in [5, 5.41) is 0. The minimum Gasteiger partial charge on any atom is -0.497 e. The van der Waals surface area contributed by atoms with Gasteiger partial charge in [0.25, 0.3) is 11.5 Å². The van der Waals surface area contributed by atoms with Crippen molar-refractivity contribution in [2.24, 2.45) is 16.2 Å². The van der Waals surface area contributed by atoms with Crippen LogP contribution in [0.1, 0.15) is 86.6 Å². The maximum absolute atomic E-state index is 14.6. The first-order chi connectivity index (χ1) is 29.8. The molecule has 1 aliphatic carbocycles. The van der Waals surface area contributed by atoms with E-state index in [4.69, 9.17) is 23.7 Å². The predicted molar refractivity (Wildman–Crippen MR) is 239 cm³/mol. The molecule has 12 heteroatoms. The topological polar surface area (TPSA) is 141 Å². The van der Waals surface area contributed by atoms with Crippen LogP contribution in [-0.4, -0.2) is 60.5 Å². The Hall–Kier alpha value is -6.53. The van der Waals surface area contributed by atoms with Gasteiger partial charge >= 0.3 is 17.6 Å². The molecule has 3 atom stereocenters. The van der Waals surface area contributed by atoms with Crippen molar-refractivity contribution in [3.63, 3.8) is 0 Å². The summed E-state index contributed by atoms with van der Waals surface area (Å²) in [4.78, 5) is 69.8. The smallest absolute Gasteiger partial charge is 0.338 e. The first-order valence-electron chi connectivity index (χ1n) is 20.8. The van der Waals surface area contributed by atoms with Crippen molar-refractivity contribution < 1.29 is 38.1 Å². The van der Waals surface area contributed by atoms with Gasteiger partial charge in [-0.1, -0.05) is 79.4 Å². The number of aromatic nitrogens is 2. The van der Waals surface area contributed by atoms with Crippen LogP contribution in [-0.2, 0) is 29.4 Å². The van der Waals surface area contributed by atoms with E-state index in [2.05, 4.69) is 6.58 Å².